The minimum Gasteiger partial charge on any atom is -0.466 e. The molecular weight excluding hydrogens is 274 g/mol. The van der Waals surface area contributed by atoms with E-state index in [1.165, 1.54) is 13.2 Å². The SMILES string of the molecule is COC(=O)/C=C(/C)Nc1ccccc1C#Cc1ccccc1. The molecule has 0 aliphatic heterocycles. The zero-order valence-electron chi connectivity index (χ0n) is 12.6. The van der Waals surface area contributed by atoms with Gasteiger partial charge in [-0.15, -0.1) is 0 Å². The number of benzene rings is 2. The number of ether oxygens (including phenoxy) is 1. The van der Waals surface area contributed by atoms with Crippen molar-refractivity contribution in [1.82, 2.24) is 0 Å². The first-order chi connectivity index (χ1) is 10.7. The summed E-state index contributed by atoms with van der Waals surface area (Å²) in [6, 6.07) is 17.5. The topological polar surface area (TPSA) is 38.3 Å². The molecule has 110 valence electrons. The van der Waals surface area contributed by atoms with Crippen molar-refractivity contribution in [2.75, 3.05) is 12.4 Å². The smallest absolute Gasteiger partial charge is 0.332 e. The molecule has 2 rings (SSSR count). The van der Waals surface area contributed by atoms with Crippen LogP contribution in [0.2, 0.25) is 0 Å². The Morgan fingerprint density at radius 2 is 1.73 bits per heavy atom. The van der Waals surface area contributed by atoms with Gasteiger partial charge < -0.3 is 10.1 Å². The molecule has 3 heteroatoms. The molecule has 0 atom stereocenters. The number of carbonyl (C=O) groups is 1. The van der Waals surface area contributed by atoms with Gasteiger partial charge in [0, 0.05) is 22.9 Å². The molecule has 0 saturated heterocycles. The van der Waals surface area contributed by atoms with Crippen LogP contribution in [0.25, 0.3) is 0 Å². The van der Waals surface area contributed by atoms with Gasteiger partial charge in [-0.05, 0) is 31.2 Å². The summed E-state index contributed by atoms with van der Waals surface area (Å²) in [7, 11) is 1.35. The largest absolute Gasteiger partial charge is 0.466 e. The van der Waals surface area contributed by atoms with E-state index in [0.717, 1.165) is 16.8 Å². The van der Waals surface area contributed by atoms with Crippen LogP contribution in [0.4, 0.5) is 5.69 Å². The summed E-state index contributed by atoms with van der Waals surface area (Å²) in [6.45, 7) is 1.80. The molecule has 0 bridgehead atoms. The number of anilines is 1. The van der Waals surface area contributed by atoms with E-state index in [2.05, 4.69) is 21.9 Å². The molecular formula is C19H17NO2. The monoisotopic (exact) mass is 291 g/mol. The van der Waals surface area contributed by atoms with E-state index in [1.54, 1.807) is 6.92 Å². The highest BCUT2D eigenvalue weighted by molar-refractivity contribution is 5.83. The molecule has 0 unspecified atom stereocenters. The standard InChI is InChI=1S/C19H17NO2/c1-15(14-19(21)22-2)20-18-11-7-6-10-17(18)13-12-16-8-4-3-5-9-16/h3-11,14,20H,1-2H3/b15-14-. The van der Waals surface area contributed by atoms with Crippen molar-refractivity contribution >= 4 is 11.7 Å². The predicted octanol–water partition coefficient (Wildman–Crippen LogP) is 3.58. The van der Waals surface area contributed by atoms with E-state index in [-0.39, 0.29) is 0 Å². The molecule has 0 fully saturated rings. The van der Waals surface area contributed by atoms with Gasteiger partial charge >= 0.3 is 5.97 Å². The Bertz CT molecular complexity index is 737. The fraction of sp³-hybridized carbons (Fsp3) is 0.105. The van der Waals surface area contributed by atoms with Crippen LogP contribution in [0.1, 0.15) is 18.1 Å². The minimum atomic E-state index is -0.391. The van der Waals surface area contributed by atoms with Crippen molar-refractivity contribution < 1.29 is 9.53 Å². The van der Waals surface area contributed by atoms with Gasteiger partial charge in [-0.1, -0.05) is 42.2 Å². The number of para-hydroxylation sites is 1. The molecule has 22 heavy (non-hydrogen) atoms. The molecule has 0 spiro atoms. The molecule has 0 heterocycles. The van der Waals surface area contributed by atoms with Crippen LogP contribution in [0.5, 0.6) is 0 Å². The average Bonchev–Trinajstić information content (AvgIpc) is 2.54. The number of allylic oxidation sites excluding steroid dienone is 1. The summed E-state index contributed by atoms with van der Waals surface area (Å²) < 4.78 is 4.61. The average molecular weight is 291 g/mol. The van der Waals surface area contributed by atoms with Crippen LogP contribution in [0, 0.1) is 11.8 Å². The number of nitrogens with one attached hydrogen (secondary N) is 1. The first-order valence-corrected chi connectivity index (χ1v) is 6.88. The van der Waals surface area contributed by atoms with Gasteiger partial charge in [0.25, 0.3) is 0 Å². The molecule has 0 radical (unpaired) electrons. The normalized spacial score (nSPS) is 10.4. The third kappa shape index (κ3) is 4.53. The quantitative estimate of drug-likeness (QED) is 0.534. The summed E-state index contributed by atoms with van der Waals surface area (Å²) in [5.41, 5.74) is 3.37. The Morgan fingerprint density at radius 3 is 2.45 bits per heavy atom. The number of esters is 1. The lowest BCUT2D eigenvalue weighted by Crippen LogP contribution is -2.03. The highest BCUT2D eigenvalue weighted by Gasteiger charge is 2.01. The van der Waals surface area contributed by atoms with Crippen molar-refractivity contribution in [2.45, 2.75) is 6.92 Å². The molecule has 0 aromatic heterocycles. The van der Waals surface area contributed by atoms with Gasteiger partial charge in [-0.3, -0.25) is 0 Å². The third-order valence-electron chi connectivity index (χ3n) is 2.91. The van der Waals surface area contributed by atoms with Gasteiger partial charge in [0.15, 0.2) is 0 Å². The number of hydrogen-bond acceptors (Lipinski definition) is 3. The maximum atomic E-state index is 11.2. The van der Waals surface area contributed by atoms with Crippen molar-refractivity contribution in [1.29, 1.82) is 0 Å². The van der Waals surface area contributed by atoms with Gasteiger partial charge in [0.1, 0.15) is 0 Å². The van der Waals surface area contributed by atoms with Gasteiger partial charge in [0.05, 0.1) is 12.8 Å². The van der Waals surface area contributed by atoms with Crippen molar-refractivity contribution in [2.24, 2.45) is 0 Å². The Hall–Kier alpha value is -2.99. The molecule has 3 nitrogen and oxygen atoms in total. The fourth-order valence-electron chi connectivity index (χ4n) is 1.85. The van der Waals surface area contributed by atoms with E-state index < -0.39 is 5.97 Å². The van der Waals surface area contributed by atoms with E-state index in [9.17, 15) is 4.79 Å². The molecule has 0 aliphatic carbocycles. The van der Waals surface area contributed by atoms with Gasteiger partial charge in [0.2, 0.25) is 0 Å². The van der Waals surface area contributed by atoms with E-state index in [4.69, 9.17) is 0 Å². The molecule has 0 amide bonds. The number of hydrogen-bond donors (Lipinski definition) is 1. The van der Waals surface area contributed by atoms with E-state index >= 15 is 0 Å². The first kappa shape index (κ1) is 15.4. The molecule has 2 aromatic rings. The molecule has 0 saturated carbocycles. The number of rotatable bonds is 3. The second-order valence-electron chi connectivity index (χ2n) is 4.64. The summed E-state index contributed by atoms with van der Waals surface area (Å²) in [5.74, 6) is 5.88. The first-order valence-electron chi connectivity index (χ1n) is 6.88. The Balaban J connectivity index is 2.23. The Morgan fingerprint density at radius 1 is 1.05 bits per heavy atom. The van der Waals surface area contributed by atoms with Gasteiger partial charge in [-0.2, -0.15) is 0 Å². The van der Waals surface area contributed by atoms with Crippen molar-refractivity contribution in [3.05, 3.63) is 77.5 Å². The van der Waals surface area contributed by atoms with E-state index in [1.807, 2.05) is 54.6 Å². The van der Waals surface area contributed by atoms with Crippen LogP contribution < -0.4 is 5.32 Å². The lowest BCUT2D eigenvalue weighted by molar-refractivity contribution is -0.134. The maximum absolute atomic E-state index is 11.2. The van der Waals surface area contributed by atoms with Crippen molar-refractivity contribution in [3.63, 3.8) is 0 Å². The van der Waals surface area contributed by atoms with Crippen molar-refractivity contribution in [3.8, 4) is 11.8 Å². The lowest BCUT2D eigenvalue weighted by Gasteiger charge is -2.08. The second-order valence-corrected chi connectivity index (χ2v) is 4.64. The van der Waals surface area contributed by atoms with Crippen LogP contribution in [-0.2, 0) is 9.53 Å². The Labute approximate surface area is 130 Å². The van der Waals surface area contributed by atoms with Crippen LogP contribution >= 0.6 is 0 Å². The zero-order chi connectivity index (χ0) is 15.8. The maximum Gasteiger partial charge on any atom is 0.332 e. The van der Waals surface area contributed by atoms with E-state index in [0.29, 0.717) is 5.70 Å². The minimum absolute atomic E-state index is 0.391. The molecule has 2 aromatic carbocycles. The predicted molar refractivity (Wildman–Crippen MR) is 88.3 cm³/mol. The molecule has 1 N–H and O–H groups in total. The number of carbonyl (C=O) groups excluding carboxylic acids is 1. The summed E-state index contributed by atoms with van der Waals surface area (Å²) in [6.07, 6.45) is 1.40. The summed E-state index contributed by atoms with van der Waals surface area (Å²) in [4.78, 5) is 11.2. The highest BCUT2D eigenvalue weighted by Crippen LogP contribution is 2.16. The highest BCUT2D eigenvalue weighted by atomic mass is 16.5. The zero-order valence-corrected chi connectivity index (χ0v) is 12.6. The van der Waals surface area contributed by atoms with Crippen LogP contribution in [0.15, 0.2) is 66.4 Å². The molecule has 0 aliphatic rings. The Kier molecular flexibility index (Phi) is 5.39. The lowest BCUT2D eigenvalue weighted by atomic mass is 10.1. The third-order valence-corrected chi connectivity index (χ3v) is 2.91. The fourth-order valence-corrected chi connectivity index (χ4v) is 1.85. The van der Waals surface area contributed by atoms with Crippen LogP contribution in [0.3, 0.4) is 0 Å². The van der Waals surface area contributed by atoms with Gasteiger partial charge in [-0.25, -0.2) is 4.79 Å². The summed E-state index contributed by atoms with van der Waals surface area (Å²) in [5, 5.41) is 3.17. The second kappa shape index (κ2) is 7.70. The van der Waals surface area contributed by atoms with Crippen LogP contribution in [-0.4, -0.2) is 13.1 Å². The number of methoxy groups -OCH3 is 1. The summed E-state index contributed by atoms with van der Waals surface area (Å²) >= 11 is 0.